The van der Waals surface area contributed by atoms with Crippen LogP contribution in [0, 0.1) is 19.3 Å². The standard InChI is InChI=1S/C47H57N11O7/c1-27(2)53-37-23-31(22-33(34(37)24-48)43(61)52-26-35-28(3)21-29(4)54-44(35)62)30-9-11-39(51-25-30)57-19-17-56(18-20-57)16-13-40(59)50-15-6-14-49-36-8-5-7-32-42(36)47(65)58(46(32)64)38-10-12-41(60)55-45(38)63/h5,7-9,11,21-25,27,38,43,48-49,52-53,61H,6,10,12-20,26H2,1-4H3,(H,50,59)(H,54,62)(H,55,60,63). The van der Waals surface area contributed by atoms with Crippen molar-refractivity contribution in [1.82, 2.24) is 35.7 Å². The number of anilines is 3. The molecule has 5 amide bonds. The van der Waals surface area contributed by atoms with Crippen molar-refractivity contribution in [2.75, 3.05) is 61.3 Å². The lowest BCUT2D eigenvalue weighted by Crippen LogP contribution is -2.54. The van der Waals surface area contributed by atoms with Crippen molar-refractivity contribution < 1.29 is 29.1 Å². The van der Waals surface area contributed by atoms with Crippen LogP contribution in [0.4, 0.5) is 17.2 Å². The van der Waals surface area contributed by atoms with E-state index in [0.29, 0.717) is 60.5 Å². The average Bonchev–Trinajstić information content (AvgIpc) is 3.53. The molecule has 8 N–H and O–H groups in total. The Morgan fingerprint density at radius 1 is 0.969 bits per heavy atom. The van der Waals surface area contributed by atoms with Crippen LogP contribution in [-0.2, 0) is 20.9 Å². The van der Waals surface area contributed by atoms with Gasteiger partial charge in [-0.15, -0.1) is 0 Å². The Labute approximate surface area is 377 Å². The average molecular weight is 888 g/mol. The van der Waals surface area contributed by atoms with Crippen molar-refractivity contribution >= 4 is 52.9 Å². The number of benzene rings is 2. The third kappa shape index (κ3) is 10.6. The highest BCUT2D eigenvalue weighted by atomic mass is 16.3. The SMILES string of the molecule is Cc1cc(C)c(CNC(O)c2cc(-c3ccc(N4CCN(CCC(=O)NCCCNc5cccc6c5C(=O)N(C5CCC(=O)NC5=O)C6=O)CC4)nc3)cc(NC(C)C)c2C=N)c(=O)[nH]1. The topological polar surface area (TPSA) is 245 Å². The Hall–Kier alpha value is -6.76. The summed E-state index contributed by atoms with van der Waals surface area (Å²) in [4.78, 5) is 88.9. The number of nitrogens with one attached hydrogen (secondary N) is 7. The zero-order chi connectivity index (χ0) is 46.4. The van der Waals surface area contributed by atoms with Crippen LogP contribution in [0.3, 0.4) is 0 Å². The number of pyridine rings is 2. The summed E-state index contributed by atoms with van der Waals surface area (Å²) >= 11 is 0. The summed E-state index contributed by atoms with van der Waals surface area (Å²) in [5.41, 5.74) is 6.18. The molecule has 5 heterocycles. The molecular weight excluding hydrogens is 831 g/mol. The molecule has 0 bridgehead atoms. The van der Waals surface area contributed by atoms with E-state index < -0.39 is 35.9 Å². The van der Waals surface area contributed by atoms with E-state index in [1.165, 1.54) is 6.21 Å². The maximum absolute atomic E-state index is 13.3. The number of rotatable bonds is 18. The number of aryl methyl sites for hydroxylation is 2. The maximum Gasteiger partial charge on any atom is 0.264 e. The van der Waals surface area contributed by atoms with Gasteiger partial charge in [0.1, 0.15) is 18.1 Å². The Bertz CT molecular complexity index is 2530. The van der Waals surface area contributed by atoms with Gasteiger partial charge in [0.15, 0.2) is 0 Å². The van der Waals surface area contributed by atoms with Gasteiger partial charge < -0.3 is 36.4 Å². The van der Waals surface area contributed by atoms with E-state index in [0.717, 1.165) is 59.3 Å². The second-order valence-electron chi connectivity index (χ2n) is 17.0. The van der Waals surface area contributed by atoms with Gasteiger partial charge in [0, 0.05) is 123 Å². The van der Waals surface area contributed by atoms with Gasteiger partial charge in [-0.3, -0.25) is 49.2 Å². The molecule has 0 radical (unpaired) electrons. The Morgan fingerprint density at radius 2 is 1.75 bits per heavy atom. The number of piperazine rings is 1. The number of fused-ring (bicyclic) bond motifs is 1. The third-order valence-electron chi connectivity index (χ3n) is 12.0. The van der Waals surface area contributed by atoms with E-state index in [1.54, 1.807) is 18.2 Å². The number of imide groups is 2. The quantitative estimate of drug-likeness (QED) is 0.0310. The molecule has 7 rings (SSSR count). The summed E-state index contributed by atoms with van der Waals surface area (Å²) in [5.74, 6) is -1.45. The molecule has 2 aromatic carbocycles. The first-order valence-electron chi connectivity index (χ1n) is 22.1. The second-order valence-corrected chi connectivity index (χ2v) is 17.0. The fraction of sp³-hybridized carbons (Fsp3) is 0.404. The van der Waals surface area contributed by atoms with Crippen molar-refractivity contribution in [2.24, 2.45) is 0 Å². The summed E-state index contributed by atoms with van der Waals surface area (Å²) in [5, 5.41) is 34.5. The lowest BCUT2D eigenvalue weighted by molar-refractivity contribution is -0.136. The number of piperidine rings is 1. The number of carbonyl (C=O) groups excluding carboxylic acids is 5. The lowest BCUT2D eigenvalue weighted by atomic mass is 9.96. The number of hydrogen-bond acceptors (Lipinski definition) is 14. The molecule has 18 nitrogen and oxygen atoms in total. The minimum Gasteiger partial charge on any atom is -0.384 e. The molecule has 0 spiro atoms. The number of aliphatic hydroxyl groups is 1. The summed E-state index contributed by atoms with van der Waals surface area (Å²) in [6.45, 7) is 12.3. The predicted octanol–water partition coefficient (Wildman–Crippen LogP) is 3.18. The van der Waals surface area contributed by atoms with Crippen LogP contribution in [0.2, 0.25) is 0 Å². The molecule has 18 heteroatoms. The largest absolute Gasteiger partial charge is 0.384 e. The van der Waals surface area contributed by atoms with E-state index in [2.05, 4.69) is 41.4 Å². The number of aliphatic hydroxyl groups excluding tert-OH is 1. The number of aromatic amines is 1. The summed E-state index contributed by atoms with van der Waals surface area (Å²) in [6, 6.07) is 13.6. The zero-order valence-corrected chi connectivity index (χ0v) is 37.2. The van der Waals surface area contributed by atoms with Crippen LogP contribution in [-0.4, -0.2) is 119 Å². The molecule has 3 aliphatic rings. The second kappa shape index (κ2) is 20.4. The van der Waals surface area contributed by atoms with Gasteiger partial charge in [-0.05, 0) is 94.1 Å². The highest BCUT2D eigenvalue weighted by Gasteiger charge is 2.45. The third-order valence-corrected chi connectivity index (χ3v) is 12.0. The molecule has 0 saturated carbocycles. The van der Waals surface area contributed by atoms with Gasteiger partial charge in [-0.2, -0.15) is 0 Å². The van der Waals surface area contributed by atoms with Crippen molar-refractivity contribution in [2.45, 2.75) is 78.2 Å². The van der Waals surface area contributed by atoms with Crippen molar-refractivity contribution in [1.29, 1.82) is 5.41 Å². The van der Waals surface area contributed by atoms with Crippen molar-refractivity contribution in [3.05, 3.63) is 104 Å². The summed E-state index contributed by atoms with van der Waals surface area (Å²) < 4.78 is 0. The van der Waals surface area contributed by atoms with Crippen LogP contribution in [0.5, 0.6) is 0 Å². The van der Waals surface area contributed by atoms with Gasteiger partial charge in [0.2, 0.25) is 17.7 Å². The van der Waals surface area contributed by atoms with Crippen LogP contribution in [0.25, 0.3) is 11.1 Å². The molecule has 3 aliphatic heterocycles. The van der Waals surface area contributed by atoms with Crippen LogP contribution in [0.15, 0.2) is 59.5 Å². The maximum atomic E-state index is 13.3. The molecular formula is C47H57N11O7. The minimum atomic E-state index is -1.16. The number of amides is 5. The molecule has 65 heavy (non-hydrogen) atoms. The molecule has 2 saturated heterocycles. The first kappa shape index (κ1) is 46.2. The van der Waals surface area contributed by atoms with Crippen LogP contribution < -0.4 is 37.0 Å². The highest BCUT2D eigenvalue weighted by Crippen LogP contribution is 2.34. The summed E-state index contributed by atoms with van der Waals surface area (Å²) in [6.07, 6.45) is 2.92. The smallest absolute Gasteiger partial charge is 0.264 e. The van der Waals surface area contributed by atoms with Gasteiger partial charge in [-0.1, -0.05) is 6.07 Å². The molecule has 4 aromatic rings. The molecule has 2 fully saturated rings. The van der Waals surface area contributed by atoms with Gasteiger partial charge in [0.05, 0.1) is 11.1 Å². The molecule has 2 aromatic heterocycles. The van der Waals surface area contributed by atoms with Gasteiger partial charge >= 0.3 is 0 Å². The van der Waals surface area contributed by atoms with E-state index >= 15 is 0 Å². The molecule has 342 valence electrons. The number of nitrogens with zero attached hydrogens (tertiary/aromatic N) is 4. The first-order chi connectivity index (χ1) is 31.2. The number of H-pyrrole nitrogens is 1. The van der Waals surface area contributed by atoms with E-state index in [1.807, 2.05) is 64.2 Å². The number of aromatic nitrogens is 2. The fourth-order valence-corrected chi connectivity index (χ4v) is 8.56. The number of hydrogen-bond donors (Lipinski definition) is 8. The van der Waals surface area contributed by atoms with Crippen molar-refractivity contribution in [3.8, 4) is 11.1 Å². The Balaban J connectivity index is 0.867. The van der Waals surface area contributed by atoms with Crippen LogP contribution >= 0.6 is 0 Å². The summed E-state index contributed by atoms with van der Waals surface area (Å²) in [7, 11) is 0. The predicted molar refractivity (Wildman–Crippen MR) is 247 cm³/mol. The highest BCUT2D eigenvalue weighted by molar-refractivity contribution is 6.25. The molecule has 2 unspecified atom stereocenters. The lowest BCUT2D eigenvalue weighted by Gasteiger charge is -2.35. The van der Waals surface area contributed by atoms with Crippen LogP contribution in [0.1, 0.15) is 94.4 Å². The Morgan fingerprint density at radius 3 is 2.45 bits per heavy atom. The zero-order valence-electron chi connectivity index (χ0n) is 37.2. The minimum absolute atomic E-state index is 0.0483. The molecule has 0 aliphatic carbocycles. The van der Waals surface area contributed by atoms with Gasteiger partial charge in [-0.25, -0.2) is 4.98 Å². The number of carbonyl (C=O) groups is 5. The van der Waals surface area contributed by atoms with E-state index in [4.69, 9.17) is 10.4 Å². The Kier molecular flexibility index (Phi) is 14.5. The van der Waals surface area contributed by atoms with Crippen molar-refractivity contribution in [3.63, 3.8) is 0 Å². The first-order valence-corrected chi connectivity index (χ1v) is 22.1. The van der Waals surface area contributed by atoms with Gasteiger partial charge in [0.25, 0.3) is 17.4 Å². The fourth-order valence-electron chi connectivity index (χ4n) is 8.56. The van der Waals surface area contributed by atoms with E-state index in [-0.39, 0.29) is 48.0 Å². The van der Waals surface area contributed by atoms with E-state index in [9.17, 15) is 33.9 Å². The molecule has 2 atom stereocenters. The monoisotopic (exact) mass is 887 g/mol. The normalized spacial score (nSPS) is 17.0.